The van der Waals surface area contributed by atoms with E-state index in [9.17, 15) is 9.90 Å². The maximum atomic E-state index is 11.4. The van der Waals surface area contributed by atoms with Crippen LogP contribution in [0.1, 0.15) is 11.1 Å². The first-order valence-corrected chi connectivity index (χ1v) is 6.23. The second-order valence-corrected chi connectivity index (χ2v) is 4.38. The van der Waals surface area contributed by atoms with Crippen molar-refractivity contribution in [1.82, 2.24) is 0 Å². The lowest BCUT2D eigenvalue weighted by Gasteiger charge is -2.16. The van der Waals surface area contributed by atoms with Crippen LogP contribution >= 0.6 is 0 Å². The summed E-state index contributed by atoms with van der Waals surface area (Å²) in [5.41, 5.74) is 1.91. The van der Waals surface area contributed by atoms with Gasteiger partial charge in [0.15, 0.2) is 0 Å². The first kappa shape index (κ1) is 13.6. The van der Waals surface area contributed by atoms with Crippen molar-refractivity contribution in [2.75, 3.05) is 5.32 Å². The number of carboxylic acid groups (broad SMARTS) is 1. The van der Waals surface area contributed by atoms with Gasteiger partial charge < -0.3 is 10.4 Å². The van der Waals surface area contributed by atoms with Gasteiger partial charge in [0.05, 0.1) is 11.3 Å². The molecule has 100 valence electrons. The molecule has 0 saturated heterocycles. The summed E-state index contributed by atoms with van der Waals surface area (Å²) in [5, 5.41) is 21.3. The molecule has 2 aromatic carbocycles. The smallest absolute Gasteiger partial charge is 0.326 e. The van der Waals surface area contributed by atoms with Crippen LogP contribution in [-0.2, 0) is 11.2 Å². The Morgan fingerprint density at radius 2 is 1.80 bits per heavy atom. The Morgan fingerprint density at radius 3 is 2.45 bits per heavy atom. The Balaban J connectivity index is 2.18. The SMILES string of the molecule is N#Cc1ccccc1NC(Cc1ccccc1)C(=O)O. The molecule has 1 atom stereocenters. The Bertz CT molecular complexity index is 632. The van der Waals surface area contributed by atoms with Crippen LogP contribution in [0.5, 0.6) is 0 Å². The summed E-state index contributed by atoms with van der Waals surface area (Å²) in [6, 6.07) is 17.6. The maximum Gasteiger partial charge on any atom is 0.326 e. The van der Waals surface area contributed by atoms with Crippen molar-refractivity contribution in [1.29, 1.82) is 5.26 Å². The molecule has 0 aliphatic heterocycles. The molecule has 2 N–H and O–H groups in total. The number of rotatable bonds is 5. The predicted molar refractivity (Wildman–Crippen MR) is 76.3 cm³/mol. The third kappa shape index (κ3) is 3.36. The van der Waals surface area contributed by atoms with Crippen LogP contribution in [-0.4, -0.2) is 17.1 Å². The number of hydrogen-bond donors (Lipinski definition) is 2. The lowest BCUT2D eigenvalue weighted by atomic mass is 10.1. The number of nitriles is 1. The Morgan fingerprint density at radius 1 is 1.15 bits per heavy atom. The molecule has 0 aliphatic rings. The van der Waals surface area contributed by atoms with Gasteiger partial charge in [-0.3, -0.25) is 0 Å². The van der Waals surface area contributed by atoms with Crippen LogP contribution < -0.4 is 5.32 Å². The molecular weight excluding hydrogens is 252 g/mol. The minimum atomic E-state index is -0.943. The molecule has 0 bridgehead atoms. The molecule has 0 amide bonds. The molecular formula is C16H14N2O2. The van der Waals surface area contributed by atoms with Crippen LogP contribution in [0.3, 0.4) is 0 Å². The van der Waals surface area contributed by atoms with Gasteiger partial charge in [0.25, 0.3) is 0 Å². The fourth-order valence-corrected chi connectivity index (χ4v) is 1.94. The molecule has 1 unspecified atom stereocenters. The van der Waals surface area contributed by atoms with Gasteiger partial charge in [-0.05, 0) is 17.7 Å². The minimum absolute atomic E-state index is 0.357. The van der Waals surface area contributed by atoms with Crippen molar-refractivity contribution in [3.05, 3.63) is 65.7 Å². The van der Waals surface area contributed by atoms with Gasteiger partial charge in [-0.15, -0.1) is 0 Å². The van der Waals surface area contributed by atoms with Gasteiger partial charge >= 0.3 is 5.97 Å². The van der Waals surface area contributed by atoms with E-state index in [-0.39, 0.29) is 0 Å². The second-order valence-electron chi connectivity index (χ2n) is 4.38. The van der Waals surface area contributed by atoms with Crippen molar-refractivity contribution in [3.63, 3.8) is 0 Å². The van der Waals surface area contributed by atoms with Gasteiger partial charge in [-0.25, -0.2) is 4.79 Å². The molecule has 0 fully saturated rings. The zero-order valence-electron chi connectivity index (χ0n) is 10.8. The quantitative estimate of drug-likeness (QED) is 0.872. The van der Waals surface area contributed by atoms with Crippen LogP contribution in [0.15, 0.2) is 54.6 Å². The van der Waals surface area contributed by atoms with E-state index in [1.54, 1.807) is 24.3 Å². The molecule has 0 spiro atoms. The highest BCUT2D eigenvalue weighted by Gasteiger charge is 2.18. The summed E-state index contributed by atoms with van der Waals surface area (Å²) >= 11 is 0. The van der Waals surface area contributed by atoms with Gasteiger partial charge in [-0.2, -0.15) is 5.26 Å². The summed E-state index contributed by atoms with van der Waals surface area (Å²) in [6.07, 6.45) is 0.357. The van der Waals surface area contributed by atoms with E-state index in [1.807, 2.05) is 36.4 Å². The normalized spacial score (nSPS) is 11.3. The first-order chi connectivity index (χ1) is 9.70. The van der Waals surface area contributed by atoms with Crippen molar-refractivity contribution in [2.24, 2.45) is 0 Å². The molecule has 2 aromatic rings. The van der Waals surface area contributed by atoms with E-state index in [0.29, 0.717) is 17.7 Å². The van der Waals surface area contributed by atoms with Crippen LogP contribution in [0.2, 0.25) is 0 Å². The van der Waals surface area contributed by atoms with E-state index in [1.165, 1.54) is 0 Å². The molecule has 0 aromatic heterocycles. The van der Waals surface area contributed by atoms with E-state index in [2.05, 4.69) is 5.32 Å². The third-order valence-electron chi connectivity index (χ3n) is 2.96. The van der Waals surface area contributed by atoms with Gasteiger partial charge in [0.2, 0.25) is 0 Å². The summed E-state index contributed by atoms with van der Waals surface area (Å²) < 4.78 is 0. The fraction of sp³-hybridized carbons (Fsp3) is 0.125. The Labute approximate surface area is 117 Å². The molecule has 2 rings (SSSR count). The highest BCUT2D eigenvalue weighted by atomic mass is 16.4. The van der Waals surface area contributed by atoms with Crippen molar-refractivity contribution in [2.45, 2.75) is 12.5 Å². The van der Waals surface area contributed by atoms with Crippen LogP contribution in [0.4, 0.5) is 5.69 Å². The van der Waals surface area contributed by atoms with Gasteiger partial charge in [0.1, 0.15) is 12.1 Å². The third-order valence-corrected chi connectivity index (χ3v) is 2.96. The number of aliphatic carboxylic acids is 1. The van der Waals surface area contributed by atoms with Crippen LogP contribution in [0, 0.1) is 11.3 Å². The number of nitrogens with zero attached hydrogens (tertiary/aromatic N) is 1. The highest BCUT2D eigenvalue weighted by Crippen LogP contribution is 2.16. The van der Waals surface area contributed by atoms with Gasteiger partial charge in [-0.1, -0.05) is 42.5 Å². The molecule has 4 heteroatoms. The molecule has 0 aliphatic carbocycles. The molecule has 0 saturated carbocycles. The second kappa shape index (κ2) is 6.39. The number of carboxylic acids is 1. The van der Waals surface area contributed by atoms with Crippen LogP contribution in [0.25, 0.3) is 0 Å². The number of benzene rings is 2. The fourth-order valence-electron chi connectivity index (χ4n) is 1.94. The molecule has 0 radical (unpaired) electrons. The maximum absolute atomic E-state index is 11.4. The van der Waals surface area contributed by atoms with E-state index in [4.69, 9.17) is 5.26 Å². The van der Waals surface area contributed by atoms with E-state index in [0.717, 1.165) is 5.56 Å². The number of anilines is 1. The summed E-state index contributed by atoms with van der Waals surface area (Å²) in [6.45, 7) is 0. The molecule has 20 heavy (non-hydrogen) atoms. The summed E-state index contributed by atoms with van der Waals surface area (Å²) in [5.74, 6) is -0.943. The monoisotopic (exact) mass is 266 g/mol. The predicted octanol–water partition coefficient (Wildman–Crippen LogP) is 2.67. The number of carbonyl (C=O) groups is 1. The lowest BCUT2D eigenvalue weighted by Crippen LogP contribution is -2.31. The number of hydrogen-bond acceptors (Lipinski definition) is 3. The van der Waals surface area contributed by atoms with E-state index < -0.39 is 12.0 Å². The highest BCUT2D eigenvalue weighted by molar-refractivity contribution is 5.78. The first-order valence-electron chi connectivity index (χ1n) is 6.23. The zero-order chi connectivity index (χ0) is 14.4. The standard InChI is InChI=1S/C16H14N2O2/c17-11-13-8-4-5-9-14(13)18-15(16(19)20)10-12-6-2-1-3-7-12/h1-9,15,18H,10H2,(H,19,20). The molecule has 4 nitrogen and oxygen atoms in total. The summed E-state index contributed by atoms with van der Waals surface area (Å²) in [7, 11) is 0. The lowest BCUT2D eigenvalue weighted by molar-refractivity contribution is -0.137. The zero-order valence-corrected chi connectivity index (χ0v) is 10.8. The average Bonchev–Trinajstić information content (AvgIpc) is 2.48. The number of nitrogens with one attached hydrogen (secondary N) is 1. The van der Waals surface area contributed by atoms with Crippen molar-refractivity contribution >= 4 is 11.7 Å². The van der Waals surface area contributed by atoms with E-state index >= 15 is 0 Å². The topological polar surface area (TPSA) is 73.1 Å². The van der Waals surface area contributed by atoms with Gasteiger partial charge in [0, 0.05) is 6.42 Å². The summed E-state index contributed by atoms with van der Waals surface area (Å²) in [4.78, 5) is 11.4. The van der Waals surface area contributed by atoms with Crippen molar-refractivity contribution in [3.8, 4) is 6.07 Å². The number of para-hydroxylation sites is 1. The Kier molecular flexibility index (Phi) is 4.35. The molecule has 0 heterocycles. The Hall–Kier alpha value is -2.80. The van der Waals surface area contributed by atoms with Crippen molar-refractivity contribution < 1.29 is 9.90 Å². The average molecular weight is 266 g/mol. The largest absolute Gasteiger partial charge is 0.480 e. The minimum Gasteiger partial charge on any atom is -0.480 e.